The smallest absolute Gasteiger partial charge is 0.146 e. The zero-order chi connectivity index (χ0) is 14.1. The van der Waals surface area contributed by atoms with Gasteiger partial charge in [0.05, 0.1) is 16.6 Å². The number of β-amino-alcohol motifs (C(OH)–C–C–N with tert-alkyl or cyclic N) is 1. The molecule has 104 valence electrons. The summed E-state index contributed by atoms with van der Waals surface area (Å²) >= 11 is 3.42. The number of halogens is 2. The first kappa shape index (κ1) is 13.5. The quantitative estimate of drug-likeness (QED) is 0.915. The van der Waals surface area contributed by atoms with Gasteiger partial charge in [-0.1, -0.05) is 12.1 Å². The lowest BCUT2D eigenvalue weighted by atomic mass is 10.0. The van der Waals surface area contributed by atoms with E-state index in [0.29, 0.717) is 18.8 Å². The van der Waals surface area contributed by atoms with Gasteiger partial charge in [0.15, 0.2) is 0 Å². The van der Waals surface area contributed by atoms with Crippen molar-refractivity contribution >= 4 is 21.7 Å². The molecule has 0 spiro atoms. The van der Waals surface area contributed by atoms with Crippen LogP contribution in [0, 0.1) is 5.82 Å². The third-order valence-electron chi connectivity index (χ3n) is 3.43. The summed E-state index contributed by atoms with van der Waals surface area (Å²) in [6.07, 6.45) is 3.23. The van der Waals surface area contributed by atoms with Crippen LogP contribution in [0.15, 0.2) is 41.3 Å². The van der Waals surface area contributed by atoms with Gasteiger partial charge in [0.2, 0.25) is 0 Å². The van der Waals surface area contributed by atoms with Gasteiger partial charge in [0.25, 0.3) is 0 Å². The highest BCUT2D eigenvalue weighted by Crippen LogP contribution is 2.38. The number of nitrogens with zero attached hydrogens (tertiary/aromatic N) is 3. The van der Waals surface area contributed by atoms with Crippen LogP contribution >= 0.6 is 15.9 Å². The van der Waals surface area contributed by atoms with E-state index in [1.54, 1.807) is 12.3 Å². The van der Waals surface area contributed by atoms with E-state index in [9.17, 15) is 9.50 Å². The van der Waals surface area contributed by atoms with E-state index >= 15 is 0 Å². The highest BCUT2D eigenvalue weighted by Gasteiger charge is 2.34. The minimum atomic E-state index is -0.454. The van der Waals surface area contributed by atoms with Crippen LogP contribution in [0.2, 0.25) is 0 Å². The maximum absolute atomic E-state index is 13.4. The van der Waals surface area contributed by atoms with E-state index in [1.807, 2.05) is 11.0 Å². The first-order valence-electron chi connectivity index (χ1n) is 6.31. The molecule has 0 unspecified atom stereocenters. The molecule has 6 heteroatoms. The Morgan fingerprint density at radius 1 is 1.40 bits per heavy atom. The first-order chi connectivity index (χ1) is 9.65. The minimum Gasteiger partial charge on any atom is -0.391 e. The number of rotatable bonds is 2. The highest BCUT2D eigenvalue weighted by atomic mass is 79.9. The van der Waals surface area contributed by atoms with Crippen LogP contribution < -0.4 is 4.90 Å². The molecule has 1 N–H and O–H groups in total. The number of aliphatic hydroxyl groups excluding tert-OH is 1. The Labute approximate surface area is 124 Å². The Hall–Kier alpha value is -1.53. The average Bonchev–Trinajstić information content (AvgIpc) is 2.81. The lowest BCUT2D eigenvalue weighted by molar-refractivity contribution is 0.194. The largest absolute Gasteiger partial charge is 0.391 e. The molecule has 2 atom stereocenters. The molecule has 0 radical (unpaired) electrons. The molecule has 1 fully saturated rings. The second-order valence-electron chi connectivity index (χ2n) is 4.81. The predicted molar refractivity (Wildman–Crippen MR) is 76.8 cm³/mol. The van der Waals surface area contributed by atoms with Crippen LogP contribution in [0.25, 0.3) is 0 Å². The number of benzene rings is 1. The third-order valence-corrected chi connectivity index (χ3v) is 3.99. The summed E-state index contributed by atoms with van der Waals surface area (Å²) in [5.74, 6) is 0.441. The Morgan fingerprint density at radius 2 is 2.25 bits per heavy atom. The molecule has 0 aliphatic carbocycles. The van der Waals surface area contributed by atoms with Crippen molar-refractivity contribution in [2.45, 2.75) is 18.6 Å². The molecule has 2 aromatic rings. The average molecular weight is 338 g/mol. The zero-order valence-electron chi connectivity index (χ0n) is 10.6. The molecule has 1 aliphatic rings. The maximum Gasteiger partial charge on any atom is 0.146 e. The molecular formula is C14H13BrFN3O. The van der Waals surface area contributed by atoms with E-state index in [4.69, 9.17) is 0 Å². The van der Waals surface area contributed by atoms with E-state index < -0.39 is 6.10 Å². The zero-order valence-corrected chi connectivity index (χ0v) is 12.2. The fourth-order valence-electron chi connectivity index (χ4n) is 2.60. The number of hydrogen-bond donors (Lipinski definition) is 1. The van der Waals surface area contributed by atoms with Crippen molar-refractivity contribution in [3.63, 3.8) is 0 Å². The molecule has 0 saturated carbocycles. The fraction of sp³-hybridized carbons (Fsp3) is 0.286. The first-order valence-corrected chi connectivity index (χ1v) is 7.10. The van der Waals surface area contributed by atoms with Crippen molar-refractivity contribution in [3.8, 4) is 0 Å². The highest BCUT2D eigenvalue weighted by molar-refractivity contribution is 9.10. The van der Waals surface area contributed by atoms with Gasteiger partial charge in [-0.2, -0.15) is 0 Å². The predicted octanol–water partition coefficient (Wildman–Crippen LogP) is 2.69. The summed E-state index contributed by atoms with van der Waals surface area (Å²) in [6.45, 7) is 0.469. The lowest BCUT2D eigenvalue weighted by Crippen LogP contribution is -2.25. The molecular weight excluding hydrogens is 325 g/mol. The van der Waals surface area contributed by atoms with Crippen molar-refractivity contribution in [1.82, 2.24) is 9.97 Å². The normalized spacial score (nSPS) is 22.2. The van der Waals surface area contributed by atoms with E-state index in [0.717, 1.165) is 10.0 Å². The molecule has 2 heterocycles. The van der Waals surface area contributed by atoms with Crippen molar-refractivity contribution in [3.05, 3.63) is 52.6 Å². The van der Waals surface area contributed by atoms with Crippen LogP contribution in [0.3, 0.4) is 0 Å². The lowest BCUT2D eigenvalue weighted by Gasteiger charge is -2.26. The van der Waals surface area contributed by atoms with Gasteiger partial charge < -0.3 is 10.0 Å². The summed E-state index contributed by atoms with van der Waals surface area (Å²) in [5.41, 5.74) is 0.840. The van der Waals surface area contributed by atoms with Crippen LogP contribution in [0.1, 0.15) is 18.0 Å². The summed E-state index contributed by atoms with van der Waals surface area (Å²) in [4.78, 5) is 10.2. The molecule has 0 amide bonds. The van der Waals surface area contributed by atoms with Crippen LogP contribution in [-0.2, 0) is 0 Å². The number of anilines is 1. The standard InChI is InChI=1S/C14H13BrFN3O/c15-12-6-17-8-18-14(12)19-7-11(20)5-13(19)9-2-1-3-10(16)4-9/h1-4,6,8,11,13,20H,5,7H2/t11-,13-/m1/s1. The van der Waals surface area contributed by atoms with Crippen molar-refractivity contribution < 1.29 is 9.50 Å². The molecule has 1 aromatic carbocycles. The molecule has 1 aromatic heterocycles. The maximum atomic E-state index is 13.4. The summed E-state index contributed by atoms with van der Waals surface area (Å²) in [7, 11) is 0. The number of aromatic nitrogens is 2. The Balaban J connectivity index is 1.99. The molecule has 0 bridgehead atoms. The summed E-state index contributed by atoms with van der Waals surface area (Å²) in [5, 5.41) is 9.96. The van der Waals surface area contributed by atoms with Crippen molar-refractivity contribution in [1.29, 1.82) is 0 Å². The topological polar surface area (TPSA) is 49.2 Å². The second kappa shape index (κ2) is 5.46. The Kier molecular flexibility index (Phi) is 3.67. The van der Waals surface area contributed by atoms with Gasteiger partial charge in [-0.15, -0.1) is 0 Å². The van der Waals surface area contributed by atoms with Gasteiger partial charge in [0.1, 0.15) is 18.0 Å². The number of hydrogen-bond acceptors (Lipinski definition) is 4. The van der Waals surface area contributed by atoms with Crippen molar-refractivity contribution in [2.75, 3.05) is 11.4 Å². The molecule has 1 aliphatic heterocycles. The Bertz CT molecular complexity index is 625. The summed E-state index contributed by atoms with van der Waals surface area (Å²) < 4.78 is 14.2. The Morgan fingerprint density at radius 3 is 3.00 bits per heavy atom. The minimum absolute atomic E-state index is 0.0908. The van der Waals surface area contributed by atoms with Gasteiger partial charge in [-0.05, 0) is 40.0 Å². The molecule has 20 heavy (non-hydrogen) atoms. The molecule has 1 saturated heterocycles. The van der Waals surface area contributed by atoms with E-state index in [1.165, 1.54) is 18.5 Å². The monoisotopic (exact) mass is 337 g/mol. The van der Waals surface area contributed by atoms with Crippen molar-refractivity contribution in [2.24, 2.45) is 0 Å². The van der Waals surface area contributed by atoms with Crippen LogP contribution in [-0.4, -0.2) is 27.7 Å². The van der Waals surface area contributed by atoms with Gasteiger partial charge in [0, 0.05) is 12.7 Å². The number of aliphatic hydroxyl groups is 1. The van der Waals surface area contributed by atoms with Crippen LogP contribution in [0.4, 0.5) is 10.2 Å². The molecule has 3 rings (SSSR count). The van der Waals surface area contributed by atoms with E-state index in [2.05, 4.69) is 25.9 Å². The van der Waals surface area contributed by atoms with Gasteiger partial charge in [-0.25, -0.2) is 14.4 Å². The SMILES string of the molecule is O[C@@H]1C[C@H](c2cccc(F)c2)N(c2ncncc2Br)C1. The van der Waals surface area contributed by atoms with Gasteiger partial charge >= 0.3 is 0 Å². The van der Waals surface area contributed by atoms with E-state index in [-0.39, 0.29) is 11.9 Å². The fourth-order valence-corrected chi connectivity index (χ4v) is 3.04. The summed E-state index contributed by atoms with van der Waals surface area (Å²) in [6, 6.07) is 6.38. The third kappa shape index (κ3) is 2.53. The molecule has 4 nitrogen and oxygen atoms in total. The van der Waals surface area contributed by atoms with Crippen LogP contribution in [0.5, 0.6) is 0 Å². The second-order valence-corrected chi connectivity index (χ2v) is 5.66. The van der Waals surface area contributed by atoms with Gasteiger partial charge in [-0.3, -0.25) is 0 Å².